The number of carbonyl (C=O) groups excluding carboxylic acids is 1. The first-order chi connectivity index (χ1) is 8.77. The summed E-state index contributed by atoms with van der Waals surface area (Å²) in [5.74, 6) is 0.504. The Balaban J connectivity index is 1.74. The molecule has 0 aromatic heterocycles. The fourth-order valence-electron chi connectivity index (χ4n) is 3.36. The molecule has 0 aromatic rings. The minimum absolute atomic E-state index is 0.0121. The topological polar surface area (TPSA) is 38.3 Å². The zero-order valence-corrected chi connectivity index (χ0v) is 11.7. The molecule has 3 heteroatoms. The first kappa shape index (κ1) is 14.0. The van der Waals surface area contributed by atoms with Crippen molar-refractivity contribution >= 4 is 5.78 Å². The highest BCUT2D eigenvalue weighted by molar-refractivity contribution is 5.84. The molecular formula is C15H27NO2. The summed E-state index contributed by atoms with van der Waals surface area (Å²) < 4.78 is 5.61. The average Bonchev–Trinajstić information content (AvgIpc) is 2.92. The molecule has 104 valence electrons. The second-order valence-corrected chi connectivity index (χ2v) is 5.83. The van der Waals surface area contributed by atoms with Crippen molar-refractivity contribution in [3.8, 4) is 0 Å². The van der Waals surface area contributed by atoms with Crippen molar-refractivity contribution in [3.05, 3.63) is 0 Å². The molecule has 2 aliphatic heterocycles. The lowest BCUT2D eigenvalue weighted by Crippen LogP contribution is -2.41. The Morgan fingerprint density at radius 1 is 1.39 bits per heavy atom. The van der Waals surface area contributed by atoms with Crippen molar-refractivity contribution in [1.29, 1.82) is 0 Å². The van der Waals surface area contributed by atoms with Crippen LogP contribution in [0.3, 0.4) is 0 Å². The predicted octanol–water partition coefficient (Wildman–Crippen LogP) is 2.68. The number of ketones is 1. The van der Waals surface area contributed by atoms with Crippen molar-refractivity contribution in [2.45, 2.75) is 64.4 Å². The second-order valence-electron chi connectivity index (χ2n) is 5.83. The fraction of sp³-hybridized carbons (Fsp3) is 0.933. The zero-order chi connectivity index (χ0) is 12.8. The molecule has 0 saturated carbocycles. The third kappa shape index (κ3) is 3.33. The average molecular weight is 253 g/mol. The van der Waals surface area contributed by atoms with Crippen LogP contribution in [0.15, 0.2) is 0 Å². The van der Waals surface area contributed by atoms with Gasteiger partial charge in [-0.05, 0) is 58.0 Å². The number of Topliss-reactive ketones (excluding diaryl/α,β-unsaturated/α-hetero) is 1. The number of rotatable bonds is 6. The van der Waals surface area contributed by atoms with Gasteiger partial charge in [-0.1, -0.05) is 6.92 Å². The van der Waals surface area contributed by atoms with E-state index in [-0.39, 0.29) is 5.41 Å². The molecule has 0 radical (unpaired) electrons. The van der Waals surface area contributed by atoms with E-state index < -0.39 is 0 Å². The Hall–Kier alpha value is -0.410. The minimum atomic E-state index is -0.0121. The van der Waals surface area contributed by atoms with Gasteiger partial charge in [0.2, 0.25) is 0 Å². The highest BCUT2D eigenvalue weighted by atomic mass is 16.5. The van der Waals surface area contributed by atoms with E-state index in [2.05, 4.69) is 12.2 Å². The summed E-state index contributed by atoms with van der Waals surface area (Å²) in [6.45, 7) is 5.10. The molecule has 0 amide bonds. The summed E-state index contributed by atoms with van der Waals surface area (Å²) in [4.78, 5) is 12.5. The summed E-state index contributed by atoms with van der Waals surface area (Å²) in [5, 5.41) is 3.36. The van der Waals surface area contributed by atoms with Crippen molar-refractivity contribution in [2.24, 2.45) is 5.41 Å². The van der Waals surface area contributed by atoms with Gasteiger partial charge in [0.25, 0.3) is 0 Å². The summed E-state index contributed by atoms with van der Waals surface area (Å²) >= 11 is 0. The zero-order valence-electron chi connectivity index (χ0n) is 11.7. The van der Waals surface area contributed by atoms with E-state index >= 15 is 0 Å². The fourth-order valence-corrected chi connectivity index (χ4v) is 3.36. The molecule has 2 rings (SSSR count). The number of nitrogens with one attached hydrogen (secondary N) is 1. The van der Waals surface area contributed by atoms with Gasteiger partial charge in [-0.2, -0.15) is 0 Å². The number of ether oxygens (including phenoxy) is 1. The lowest BCUT2D eigenvalue weighted by Gasteiger charge is -2.35. The molecule has 2 saturated heterocycles. The van der Waals surface area contributed by atoms with Crippen LogP contribution in [0.4, 0.5) is 0 Å². The van der Waals surface area contributed by atoms with Gasteiger partial charge in [0, 0.05) is 18.4 Å². The SMILES string of the molecule is CCC1(C(=O)CCCC2CCCO2)CCNCC1. The van der Waals surface area contributed by atoms with Crippen LogP contribution in [-0.4, -0.2) is 31.6 Å². The van der Waals surface area contributed by atoms with Crippen LogP contribution in [0.25, 0.3) is 0 Å². The van der Waals surface area contributed by atoms with Crippen LogP contribution in [0.5, 0.6) is 0 Å². The summed E-state index contributed by atoms with van der Waals surface area (Å²) in [7, 11) is 0. The van der Waals surface area contributed by atoms with Crippen molar-refractivity contribution in [2.75, 3.05) is 19.7 Å². The highest BCUT2D eigenvalue weighted by Crippen LogP contribution is 2.35. The molecule has 18 heavy (non-hydrogen) atoms. The quantitative estimate of drug-likeness (QED) is 0.791. The van der Waals surface area contributed by atoms with Gasteiger partial charge >= 0.3 is 0 Å². The van der Waals surface area contributed by atoms with Gasteiger partial charge in [-0.25, -0.2) is 0 Å². The number of hydrogen-bond acceptors (Lipinski definition) is 3. The molecule has 0 spiro atoms. The van der Waals surface area contributed by atoms with Gasteiger partial charge in [0.05, 0.1) is 6.10 Å². The molecule has 1 atom stereocenters. The van der Waals surface area contributed by atoms with E-state index in [1.54, 1.807) is 0 Å². The molecule has 0 aliphatic carbocycles. The van der Waals surface area contributed by atoms with Gasteiger partial charge in [0.15, 0.2) is 0 Å². The van der Waals surface area contributed by atoms with Gasteiger partial charge in [-0.15, -0.1) is 0 Å². The van der Waals surface area contributed by atoms with Crippen molar-refractivity contribution < 1.29 is 9.53 Å². The number of piperidine rings is 1. The standard InChI is InChI=1S/C15H27NO2/c1-2-15(8-10-16-11-9-15)14(17)7-3-5-13-6-4-12-18-13/h13,16H,2-12H2,1H3. The Morgan fingerprint density at radius 3 is 2.78 bits per heavy atom. The van der Waals surface area contributed by atoms with E-state index in [9.17, 15) is 4.79 Å². The van der Waals surface area contributed by atoms with Gasteiger partial charge in [0.1, 0.15) is 5.78 Å². The van der Waals surface area contributed by atoms with Gasteiger partial charge in [-0.3, -0.25) is 4.79 Å². The van der Waals surface area contributed by atoms with Crippen molar-refractivity contribution in [1.82, 2.24) is 5.32 Å². The van der Waals surface area contributed by atoms with E-state index in [0.717, 1.165) is 58.2 Å². The molecule has 1 N–H and O–H groups in total. The molecular weight excluding hydrogens is 226 g/mol. The van der Waals surface area contributed by atoms with E-state index in [4.69, 9.17) is 4.74 Å². The lowest BCUT2D eigenvalue weighted by atomic mass is 9.72. The second kappa shape index (κ2) is 6.67. The van der Waals surface area contributed by atoms with Crippen LogP contribution < -0.4 is 5.32 Å². The maximum Gasteiger partial charge on any atom is 0.139 e. The molecule has 2 fully saturated rings. The Labute approximate surface area is 111 Å². The molecule has 3 nitrogen and oxygen atoms in total. The van der Waals surface area contributed by atoms with Crippen LogP contribution in [-0.2, 0) is 9.53 Å². The smallest absolute Gasteiger partial charge is 0.139 e. The Kier molecular flexibility index (Phi) is 5.19. The molecule has 0 bridgehead atoms. The van der Waals surface area contributed by atoms with Crippen LogP contribution in [0.2, 0.25) is 0 Å². The van der Waals surface area contributed by atoms with Crippen LogP contribution >= 0.6 is 0 Å². The van der Waals surface area contributed by atoms with Crippen LogP contribution in [0.1, 0.15) is 58.3 Å². The maximum atomic E-state index is 12.5. The van der Waals surface area contributed by atoms with Gasteiger partial charge < -0.3 is 10.1 Å². The van der Waals surface area contributed by atoms with Crippen molar-refractivity contribution in [3.63, 3.8) is 0 Å². The molecule has 0 aromatic carbocycles. The lowest BCUT2D eigenvalue weighted by molar-refractivity contribution is -0.130. The highest BCUT2D eigenvalue weighted by Gasteiger charge is 2.36. The van der Waals surface area contributed by atoms with Crippen LogP contribution in [0, 0.1) is 5.41 Å². The monoisotopic (exact) mass is 253 g/mol. The largest absolute Gasteiger partial charge is 0.378 e. The first-order valence-electron chi connectivity index (χ1n) is 7.62. The summed E-state index contributed by atoms with van der Waals surface area (Å²) in [5.41, 5.74) is -0.0121. The molecule has 2 heterocycles. The minimum Gasteiger partial charge on any atom is -0.378 e. The normalized spacial score (nSPS) is 27.3. The predicted molar refractivity (Wildman–Crippen MR) is 72.7 cm³/mol. The maximum absolute atomic E-state index is 12.5. The summed E-state index contributed by atoms with van der Waals surface area (Å²) in [6.07, 6.45) is 8.73. The molecule has 1 unspecified atom stereocenters. The molecule has 2 aliphatic rings. The van der Waals surface area contributed by atoms with E-state index in [1.165, 1.54) is 12.8 Å². The number of hydrogen-bond donors (Lipinski definition) is 1. The summed E-state index contributed by atoms with van der Waals surface area (Å²) in [6, 6.07) is 0. The number of carbonyl (C=O) groups is 1. The Bertz CT molecular complexity index is 266. The first-order valence-corrected chi connectivity index (χ1v) is 7.62. The Morgan fingerprint density at radius 2 is 2.17 bits per heavy atom. The van der Waals surface area contributed by atoms with E-state index in [0.29, 0.717) is 11.9 Å². The third-order valence-corrected chi connectivity index (χ3v) is 4.78. The third-order valence-electron chi connectivity index (χ3n) is 4.78. The van der Waals surface area contributed by atoms with E-state index in [1.807, 2.05) is 0 Å².